The van der Waals surface area contributed by atoms with Crippen molar-refractivity contribution in [3.8, 4) is 0 Å². The number of thiazole rings is 1. The number of nitrogens with zero attached hydrogens (tertiary/aromatic N) is 1. The summed E-state index contributed by atoms with van der Waals surface area (Å²) in [5.41, 5.74) is 1.63. The molecule has 0 aliphatic rings. The van der Waals surface area contributed by atoms with Crippen LogP contribution in [0.5, 0.6) is 0 Å². The lowest BCUT2D eigenvalue weighted by molar-refractivity contribution is 0.0697. The molecule has 2 N–H and O–H groups in total. The average Bonchev–Trinajstić information content (AvgIpc) is 3.02. The number of fused-ring (bicyclic) bond motifs is 1. The van der Waals surface area contributed by atoms with Crippen molar-refractivity contribution in [2.45, 2.75) is 20.8 Å². The second kappa shape index (κ2) is 7.35. The molecule has 0 saturated carbocycles. The van der Waals surface area contributed by atoms with E-state index in [1.807, 2.05) is 13.8 Å². The summed E-state index contributed by atoms with van der Waals surface area (Å²) in [5, 5.41) is 11.8. The van der Waals surface area contributed by atoms with Crippen LogP contribution in [0, 0.1) is 18.6 Å². The van der Waals surface area contributed by atoms with Crippen LogP contribution in [-0.4, -0.2) is 16.1 Å². The molecule has 0 aliphatic heterocycles. The van der Waals surface area contributed by atoms with Gasteiger partial charge >= 0.3 is 5.97 Å². The van der Waals surface area contributed by atoms with E-state index in [-0.39, 0.29) is 22.5 Å². The van der Waals surface area contributed by atoms with Gasteiger partial charge in [0.15, 0.2) is 5.82 Å². The van der Waals surface area contributed by atoms with Crippen molar-refractivity contribution in [2.75, 3.05) is 5.32 Å². The minimum absolute atomic E-state index is 0.00146. The van der Waals surface area contributed by atoms with Gasteiger partial charge in [-0.05, 0) is 30.7 Å². The number of hydrogen-bond donors (Lipinski definition) is 2. The zero-order chi connectivity index (χ0) is 17.9. The summed E-state index contributed by atoms with van der Waals surface area (Å²) in [5.74, 6) is -2.70. The highest BCUT2D eigenvalue weighted by Gasteiger charge is 2.20. The average molecular weight is 350 g/mol. The van der Waals surface area contributed by atoms with E-state index in [1.165, 1.54) is 23.7 Å². The largest absolute Gasteiger partial charge is 0.478 e. The first kappa shape index (κ1) is 17.8. The first-order chi connectivity index (χ1) is 11.5. The maximum Gasteiger partial charge on any atom is 0.337 e. The van der Waals surface area contributed by atoms with Gasteiger partial charge in [-0.25, -0.2) is 18.6 Å². The number of hydrogen-bond acceptors (Lipinski definition) is 4. The van der Waals surface area contributed by atoms with E-state index in [1.54, 1.807) is 13.0 Å². The van der Waals surface area contributed by atoms with Gasteiger partial charge in [-0.15, -0.1) is 11.3 Å². The number of rotatable bonds is 3. The first-order valence-corrected chi connectivity index (χ1v) is 8.17. The Morgan fingerprint density at radius 2 is 1.96 bits per heavy atom. The molecule has 126 valence electrons. The standard InChI is InChI=1S/C15H10F2N2O2S.C2H6/c1-7-2-3-10(9(16)4-7)19-13-8(15(20)21)5-11-14(12(13)17)18-6-22-11;1-2/h2-6,19H,1H3,(H,20,21);1-2H3. The quantitative estimate of drug-likeness (QED) is 0.668. The molecular formula is C17H16F2N2O2S. The lowest BCUT2D eigenvalue weighted by Crippen LogP contribution is -2.06. The molecule has 24 heavy (non-hydrogen) atoms. The number of aromatic nitrogens is 1. The molecule has 0 amide bonds. The van der Waals surface area contributed by atoms with E-state index in [0.29, 0.717) is 10.3 Å². The number of carbonyl (C=O) groups is 1. The lowest BCUT2D eigenvalue weighted by atomic mass is 10.1. The zero-order valence-corrected chi connectivity index (χ0v) is 14.2. The van der Waals surface area contributed by atoms with Gasteiger partial charge in [0.05, 0.1) is 27.1 Å². The second-order valence-corrected chi connectivity index (χ2v) is 5.61. The Hall–Kier alpha value is -2.54. The minimum atomic E-state index is -1.30. The molecule has 0 bridgehead atoms. The van der Waals surface area contributed by atoms with Gasteiger partial charge in [-0.2, -0.15) is 0 Å². The van der Waals surface area contributed by atoms with E-state index in [2.05, 4.69) is 10.3 Å². The molecule has 1 aromatic heterocycles. The fourth-order valence-corrected chi connectivity index (χ4v) is 2.82. The molecular weight excluding hydrogens is 334 g/mol. The van der Waals surface area contributed by atoms with Crippen molar-refractivity contribution in [3.63, 3.8) is 0 Å². The van der Waals surface area contributed by atoms with Gasteiger partial charge in [0.25, 0.3) is 0 Å². The van der Waals surface area contributed by atoms with Crippen molar-refractivity contribution in [3.05, 3.63) is 52.5 Å². The number of carboxylic acids is 1. The van der Waals surface area contributed by atoms with E-state index in [9.17, 15) is 18.7 Å². The Bertz CT molecular complexity index is 894. The smallest absolute Gasteiger partial charge is 0.337 e. The van der Waals surface area contributed by atoms with Crippen LogP contribution in [0.15, 0.2) is 29.8 Å². The number of halogens is 2. The molecule has 7 heteroatoms. The summed E-state index contributed by atoms with van der Waals surface area (Å²) in [7, 11) is 0. The van der Waals surface area contributed by atoms with Crippen LogP contribution < -0.4 is 5.32 Å². The molecule has 0 atom stereocenters. The third-order valence-electron chi connectivity index (χ3n) is 3.18. The van der Waals surface area contributed by atoms with Gasteiger partial charge in [-0.3, -0.25) is 0 Å². The van der Waals surface area contributed by atoms with E-state index in [4.69, 9.17) is 0 Å². The summed E-state index contributed by atoms with van der Waals surface area (Å²) in [6, 6.07) is 5.68. The predicted octanol–water partition coefficient (Wildman–Crippen LogP) is 5.35. The highest BCUT2D eigenvalue weighted by Crippen LogP contribution is 2.33. The molecule has 0 spiro atoms. The maximum atomic E-state index is 14.5. The van der Waals surface area contributed by atoms with Gasteiger partial charge < -0.3 is 10.4 Å². The van der Waals surface area contributed by atoms with Crippen molar-refractivity contribution in [2.24, 2.45) is 0 Å². The van der Waals surface area contributed by atoms with Crippen molar-refractivity contribution in [1.82, 2.24) is 4.98 Å². The lowest BCUT2D eigenvalue weighted by Gasteiger charge is -2.12. The van der Waals surface area contributed by atoms with Crippen LogP contribution in [0.3, 0.4) is 0 Å². The summed E-state index contributed by atoms with van der Waals surface area (Å²) < 4.78 is 28.8. The molecule has 0 saturated heterocycles. The Morgan fingerprint density at radius 3 is 2.58 bits per heavy atom. The summed E-state index contributed by atoms with van der Waals surface area (Å²) in [6.07, 6.45) is 0. The predicted molar refractivity (Wildman–Crippen MR) is 92.3 cm³/mol. The van der Waals surface area contributed by atoms with E-state index >= 15 is 0 Å². The number of nitrogens with one attached hydrogen (secondary N) is 1. The Kier molecular flexibility index (Phi) is 5.46. The molecule has 3 rings (SSSR count). The highest BCUT2D eigenvalue weighted by molar-refractivity contribution is 7.16. The van der Waals surface area contributed by atoms with Crippen LogP contribution in [-0.2, 0) is 0 Å². The van der Waals surface area contributed by atoms with Crippen LogP contribution in [0.25, 0.3) is 10.2 Å². The van der Waals surface area contributed by atoms with E-state index < -0.39 is 17.6 Å². The molecule has 4 nitrogen and oxygen atoms in total. The monoisotopic (exact) mass is 350 g/mol. The molecule has 0 fully saturated rings. The third-order valence-corrected chi connectivity index (χ3v) is 3.96. The Balaban J connectivity index is 0.00000100. The summed E-state index contributed by atoms with van der Waals surface area (Å²) in [4.78, 5) is 15.2. The molecule has 3 aromatic rings. The number of aromatic carboxylic acids is 1. The van der Waals surface area contributed by atoms with Gasteiger partial charge in [-0.1, -0.05) is 19.9 Å². The third kappa shape index (κ3) is 3.35. The van der Waals surface area contributed by atoms with E-state index in [0.717, 1.165) is 11.3 Å². The molecule has 0 unspecified atom stereocenters. The van der Waals surface area contributed by atoms with Gasteiger partial charge in [0, 0.05) is 0 Å². The molecule has 0 radical (unpaired) electrons. The number of anilines is 2. The number of carboxylic acid groups (broad SMARTS) is 1. The van der Waals surface area contributed by atoms with Crippen molar-refractivity contribution >= 4 is 38.9 Å². The van der Waals surface area contributed by atoms with Crippen LogP contribution >= 0.6 is 11.3 Å². The summed E-state index contributed by atoms with van der Waals surface area (Å²) in [6.45, 7) is 5.72. The maximum absolute atomic E-state index is 14.5. The van der Waals surface area contributed by atoms with Crippen molar-refractivity contribution < 1.29 is 18.7 Å². The first-order valence-electron chi connectivity index (χ1n) is 7.29. The minimum Gasteiger partial charge on any atom is -0.478 e. The topological polar surface area (TPSA) is 62.2 Å². The fraction of sp³-hybridized carbons (Fsp3) is 0.176. The number of benzene rings is 2. The van der Waals surface area contributed by atoms with Gasteiger partial charge in [0.1, 0.15) is 11.3 Å². The normalized spacial score (nSPS) is 10.2. The highest BCUT2D eigenvalue weighted by atomic mass is 32.1. The SMILES string of the molecule is CC.Cc1ccc(Nc2c(C(=O)O)cc3scnc3c2F)c(F)c1. The van der Waals surface area contributed by atoms with Gasteiger partial charge in [0.2, 0.25) is 0 Å². The molecule has 2 aromatic carbocycles. The Morgan fingerprint density at radius 1 is 1.25 bits per heavy atom. The van der Waals surface area contributed by atoms with Crippen LogP contribution in [0.2, 0.25) is 0 Å². The fourth-order valence-electron chi connectivity index (χ4n) is 2.11. The molecule has 1 heterocycles. The van der Waals surface area contributed by atoms with Crippen molar-refractivity contribution in [1.29, 1.82) is 0 Å². The van der Waals surface area contributed by atoms with Crippen LogP contribution in [0.4, 0.5) is 20.2 Å². The Labute approximate surface area is 141 Å². The number of aryl methyl sites for hydroxylation is 1. The molecule has 0 aliphatic carbocycles. The second-order valence-electron chi connectivity index (χ2n) is 4.73. The van der Waals surface area contributed by atoms with Crippen LogP contribution in [0.1, 0.15) is 29.8 Å². The zero-order valence-electron chi connectivity index (χ0n) is 13.4. The summed E-state index contributed by atoms with van der Waals surface area (Å²) >= 11 is 1.14.